The second-order valence-electron chi connectivity index (χ2n) is 30.3. The standard InChI is InChI=1S/C26H18N5.2C21H16N5.C14H8N3O2.C14H8N3OS/c1-3-9-19(10-4-1)30-22-16-27-15-13-21(22)24-26(30)31(20-11-5-2-6-12-20)25-23-18(17-29(24)25)8-7-14-28-23;2*1-24-17-12-22-11-9-16(17)19-21(24)26(15-7-3-2-4-8-15)20-18-14(13-25(19)20)6-5-10-23-18;1-2-8-7-17-12-9-3-5-15-6-10(9)18-14(12)19-13(17)11(8)16-4-1;1-2-8-7-17-12-9-3-5-15-6-10(9)19-14(12)18-13(17)11(8)16-4-1/h1-16H,17H2;2*2-12H,13H2,1H3;2*1-6H,7H2/q5*+1/i;1D3;;;. The van der Waals surface area contributed by atoms with E-state index in [-0.39, 0.29) is 0 Å². The fourth-order valence-electron chi connectivity index (χ4n) is 18.7. The molecule has 4 aromatic carbocycles. The van der Waals surface area contributed by atoms with Crippen LogP contribution in [0.15, 0.2) is 319 Å². The number of nitrogens with zero attached hydrogens (tertiary/aromatic N) is 21. The third-order valence-corrected chi connectivity index (χ3v) is 24.7. The second-order valence-corrected chi connectivity index (χ2v) is 31.3. The van der Waals surface area contributed by atoms with E-state index in [1.165, 1.54) is 59.7 Å². The molecule has 0 atom stereocenters. The van der Waals surface area contributed by atoms with Gasteiger partial charge in [0.25, 0.3) is 27.4 Å². The van der Waals surface area contributed by atoms with Gasteiger partial charge in [-0.2, -0.15) is 13.7 Å². The molecule has 0 amide bonds. The third kappa shape index (κ3) is 10.1. The Hall–Kier alpha value is -16.2. The average Bonchev–Trinajstić information content (AvgIpc) is 1.53. The highest BCUT2D eigenvalue weighted by molar-refractivity contribution is 7.25. The molecule has 0 spiro atoms. The van der Waals surface area contributed by atoms with Crippen LogP contribution in [0.3, 0.4) is 0 Å². The van der Waals surface area contributed by atoms with Gasteiger partial charge in [-0.05, 0) is 121 Å². The number of rotatable bonds is 4. The monoisotopic (exact) mass is 1600 g/mol. The van der Waals surface area contributed by atoms with Crippen molar-refractivity contribution in [3.63, 3.8) is 0 Å². The fourth-order valence-corrected chi connectivity index (χ4v) is 19.7. The Labute approximate surface area is 694 Å². The van der Waals surface area contributed by atoms with Gasteiger partial charge in [0.2, 0.25) is 16.6 Å². The lowest BCUT2D eigenvalue weighted by atomic mass is 10.2. The minimum Gasteiger partial charge on any atom is -0.418 e. The molecule has 0 fully saturated rings. The first kappa shape index (κ1) is 65.0. The van der Waals surface area contributed by atoms with Crippen molar-refractivity contribution >= 4 is 120 Å². The molecule has 0 unspecified atom stereocenters. The molecule has 20 aromatic heterocycles. The van der Waals surface area contributed by atoms with Crippen LogP contribution in [0.5, 0.6) is 0 Å². The van der Waals surface area contributed by atoms with Gasteiger partial charge in [-0.15, -0.1) is 9.13 Å². The van der Waals surface area contributed by atoms with Crippen molar-refractivity contribution in [2.45, 2.75) is 32.7 Å². The molecule has 25 heteroatoms. The topological polar surface area (TPSA) is 217 Å². The maximum Gasteiger partial charge on any atom is 0.404 e. The largest absolute Gasteiger partial charge is 0.418 e. The maximum absolute atomic E-state index is 8.24. The normalized spacial score (nSPS) is 13.2. The van der Waals surface area contributed by atoms with Crippen LogP contribution < -0.4 is 22.8 Å². The van der Waals surface area contributed by atoms with Crippen LogP contribution in [0.1, 0.15) is 31.9 Å². The van der Waals surface area contributed by atoms with Crippen LogP contribution in [-0.4, -0.2) is 77.2 Å². The summed E-state index contributed by atoms with van der Waals surface area (Å²) in [6.07, 6.45) is 27.3. The SMILES string of the molecule is Cn1c2cnccc2c2c1n(-c1ccccc1)c1[n+]2Cc2cccnc2-1.[2H]C([2H])([2H])n1c2cnccc2c2c1n(-c1ccccc1)c1[n+]2Cc2cccnc2-1.c1ccc(-n2c3[n+](c4c5ccncc5n(-c5ccccc5)c42)Cc2cccnc2-3)cc1.c1cnc2c(c1)C[n+]1c-2oc2oc3cnccc3c21.c1cnc2c(c1)C[n+]1c-2oc2sc3cnccc3c21. The van der Waals surface area contributed by atoms with Crippen LogP contribution in [0.25, 0.3) is 189 Å². The first-order valence-electron chi connectivity index (χ1n) is 41.2. The first-order valence-corrected chi connectivity index (χ1v) is 40.5. The molecule has 25 heterocycles. The number of oxazole rings is 2. The zero-order valence-electron chi connectivity index (χ0n) is 67.4. The molecule has 24 nitrogen and oxygen atoms in total. The van der Waals surface area contributed by atoms with Gasteiger partial charge in [0.05, 0.1) is 84.1 Å². The minimum absolute atomic E-state index is 0.536. The van der Waals surface area contributed by atoms with E-state index in [1.54, 1.807) is 48.5 Å². The Morgan fingerprint density at radius 3 is 1.18 bits per heavy atom. The Balaban J connectivity index is 0.0000000860. The molecule has 0 saturated heterocycles. The first-order chi connectivity index (χ1) is 61.1. The highest BCUT2D eigenvalue weighted by Crippen LogP contribution is 2.44. The van der Waals surface area contributed by atoms with Gasteiger partial charge in [-0.1, -0.05) is 102 Å². The summed E-state index contributed by atoms with van der Waals surface area (Å²) in [4.78, 5) is 45.1. The second kappa shape index (κ2) is 26.7. The Kier molecular flexibility index (Phi) is 14.4. The lowest BCUT2D eigenvalue weighted by Gasteiger charge is -2.08. The van der Waals surface area contributed by atoms with Crippen molar-refractivity contribution in [1.82, 2.24) is 77.2 Å². The van der Waals surface area contributed by atoms with Crippen LogP contribution in [-0.2, 0) is 46.7 Å². The number of furan rings is 1. The molecule has 121 heavy (non-hydrogen) atoms. The summed E-state index contributed by atoms with van der Waals surface area (Å²) in [6, 6.07) is 72.0. The molecule has 0 bridgehead atoms. The van der Waals surface area contributed by atoms with E-state index >= 15 is 0 Å². The Morgan fingerprint density at radius 2 is 0.686 bits per heavy atom. The van der Waals surface area contributed by atoms with Crippen molar-refractivity contribution in [1.29, 1.82) is 0 Å². The van der Waals surface area contributed by atoms with Crippen LogP contribution >= 0.6 is 11.3 Å². The number of hydrogen-bond donors (Lipinski definition) is 0. The molecule has 0 radical (unpaired) electrons. The number of aryl methyl sites for hydroxylation is 2. The molecule has 0 saturated carbocycles. The summed E-state index contributed by atoms with van der Waals surface area (Å²) < 4.78 is 67.4. The van der Waals surface area contributed by atoms with E-state index in [2.05, 4.69) is 221 Å². The van der Waals surface area contributed by atoms with Gasteiger partial charge >= 0.3 is 40.6 Å². The number of hydrogen-bond acceptors (Lipinski definition) is 14. The van der Waals surface area contributed by atoms with Crippen LogP contribution in [0, 0.1) is 0 Å². The number of para-hydroxylation sites is 4. The zero-order chi connectivity index (χ0) is 82.2. The van der Waals surface area contributed by atoms with E-state index in [0.717, 1.165) is 171 Å². The number of aromatic nitrogens is 21. The van der Waals surface area contributed by atoms with E-state index in [0.29, 0.717) is 23.5 Å². The maximum atomic E-state index is 8.24. The van der Waals surface area contributed by atoms with Crippen molar-refractivity contribution in [3.05, 3.63) is 333 Å². The Bertz CT molecular complexity index is 8350. The van der Waals surface area contributed by atoms with E-state index in [1.807, 2.05) is 139 Å². The van der Waals surface area contributed by atoms with Crippen molar-refractivity contribution in [2.75, 3.05) is 0 Å². The number of benzene rings is 4. The molecule has 29 rings (SSSR count). The summed E-state index contributed by atoms with van der Waals surface area (Å²) in [5.74, 6) is 5.34. The average molecular weight is 1600 g/mol. The van der Waals surface area contributed by atoms with Gasteiger partial charge in [0, 0.05) is 109 Å². The lowest BCUT2D eigenvalue weighted by molar-refractivity contribution is -0.648. The highest BCUT2D eigenvalue weighted by atomic mass is 32.1. The molecule has 574 valence electrons. The molecule has 24 aromatic rings. The predicted octanol–water partition coefficient (Wildman–Crippen LogP) is 16.2. The smallest absolute Gasteiger partial charge is 0.404 e. The van der Waals surface area contributed by atoms with E-state index in [4.69, 9.17) is 27.3 Å². The van der Waals surface area contributed by atoms with Gasteiger partial charge in [-0.25, -0.2) is 38.6 Å². The third-order valence-electron chi connectivity index (χ3n) is 23.7. The minimum atomic E-state index is -2.35. The van der Waals surface area contributed by atoms with Gasteiger partial charge in [0.1, 0.15) is 36.7 Å². The zero-order valence-corrected chi connectivity index (χ0v) is 65.2. The van der Waals surface area contributed by atoms with Crippen molar-refractivity contribution in [2.24, 2.45) is 14.0 Å². The van der Waals surface area contributed by atoms with Gasteiger partial charge < -0.3 is 22.4 Å². The fraction of sp³-hybridized carbons (Fsp3) is 0.0729. The van der Waals surface area contributed by atoms with Crippen molar-refractivity contribution in [3.8, 4) is 80.5 Å². The van der Waals surface area contributed by atoms with Gasteiger partial charge in [-0.3, -0.25) is 29.5 Å². The quantitative estimate of drug-likeness (QED) is 0.150. The number of imidazole rings is 3. The van der Waals surface area contributed by atoms with E-state index < -0.39 is 6.98 Å². The number of fused-ring (bicyclic) bond motifs is 35. The molecular weight excluding hydrogens is 1530 g/mol. The Morgan fingerprint density at radius 1 is 0.314 bits per heavy atom. The summed E-state index contributed by atoms with van der Waals surface area (Å²) >= 11 is 1.64. The molecule has 0 N–H and O–H groups in total. The number of pyridine rings is 10. The number of thiophene rings is 1. The van der Waals surface area contributed by atoms with Crippen LogP contribution in [0.4, 0.5) is 0 Å². The predicted molar refractivity (Wildman–Crippen MR) is 459 cm³/mol. The summed E-state index contributed by atoms with van der Waals surface area (Å²) in [5.41, 5.74) is 27.1. The molecule has 5 aliphatic heterocycles. The summed E-state index contributed by atoms with van der Waals surface area (Å²) in [6.45, 7) is 1.55. The van der Waals surface area contributed by atoms with E-state index in [9.17, 15) is 0 Å². The molecule has 0 aliphatic carbocycles. The highest BCUT2D eigenvalue weighted by Gasteiger charge is 2.45. The summed E-state index contributed by atoms with van der Waals surface area (Å²) in [7, 11) is 2.11. The van der Waals surface area contributed by atoms with Crippen LogP contribution in [0.2, 0.25) is 0 Å². The summed E-state index contributed by atoms with van der Waals surface area (Å²) in [5, 5.41) is 5.51. The van der Waals surface area contributed by atoms with Gasteiger partial charge in [0.15, 0.2) is 47.1 Å². The molecule has 5 aliphatic rings. The molecular formula is C96H66N21O3S+5. The van der Waals surface area contributed by atoms with Crippen molar-refractivity contribution < 1.29 is 40.2 Å². The lowest BCUT2D eigenvalue weighted by Crippen LogP contribution is -2.31.